The normalized spacial score (nSPS) is 11.0. The predicted octanol–water partition coefficient (Wildman–Crippen LogP) is 4.22. The molecule has 180 valence electrons. The largest absolute Gasteiger partial charge is 0.453 e. The molecule has 0 atom stereocenters. The average molecular weight is 516 g/mol. The molecule has 8 nitrogen and oxygen atoms in total. The summed E-state index contributed by atoms with van der Waals surface area (Å²) in [6.07, 6.45) is 3.01. The number of ether oxygens (including phenoxy) is 1. The van der Waals surface area contributed by atoms with Crippen molar-refractivity contribution in [3.8, 4) is 0 Å². The third-order valence-electron chi connectivity index (χ3n) is 4.76. The maximum Gasteiger partial charge on any atom is 0.406 e. The van der Waals surface area contributed by atoms with Gasteiger partial charge in [-0.25, -0.2) is 13.2 Å². The quantitative estimate of drug-likeness (QED) is 0.436. The summed E-state index contributed by atoms with van der Waals surface area (Å²) in [5, 5.41) is 6.06. The Kier molecular flexibility index (Phi) is 10.3. The van der Waals surface area contributed by atoms with E-state index in [1.807, 2.05) is 0 Å². The highest BCUT2D eigenvalue weighted by Gasteiger charge is 2.20. The van der Waals surface area contributed by atoms with E-state index >= 15 is 0 Å². The fraction of sp³-hybridized carbons (Fsp3) is 0.364. The SMILES string of the molecule is COC(=O)NCCCCCNC(=O)c1ccc(N(Cc2cccc(Cl)c2Cl)S(C)(=O)=O)cc1. The second-order valence-corrected chi connectivity index (χ2v) is 9.96. The molecule has 0 saturated heterocycles. The second kappa shape index (κ2) is 12.7. The number of unbranched alkanes of at least 4 members (excludes halogenated alkanes) is 2. The third kappa shape index (κ3) is 8.42. The molecular weight excluding hydrogens is 489 g/mol. The number of benzene rings is 2. The Morgan fingerprint density at radius 1 is 0.970 bits per heavy atom. The van der Waals surface area contributed by atoms with Crippen molar-refractivity contribution >= 4 is 50.9 Å². The van der Waals surface area contributed by atoms with E-state index in [4.69, 9.17) is 23.2 Å². The van der Waals surface area contributed by atoms with Crippen molar-refractivity contribution in [3.05, 3.63) is 63.6 Å². The highest BCUT2D eigenvalue weighted by molar-refractivity contribution is 7.92. The molecule has 11 heteroatoms. The second-order valence-electron chi connectivity index (χ2n) is 7.26. The van der Waals surface area contributed by atoms with Gasteiger partial charge in [0.2, 0.25) is 10.0 Å². The number of hydrogen-bond acceptors (Lipinski definition) is 5. The van der Waals surface area contributed by atoms with Crippen molar-refractivity contribution in [2.75, 3.05) is 30.8 Å². The van der Waals surface area contributed by atoms with Crippen LogP contribution in [0.15, 0.2) is 42.5 Å². The molecule has 2 rings (SSSR count). The molecule has 0 fully saturated rings. The fourth-order valence-electron chi connectivity index (χ4n) is 3.00. The molecule has 0 aliphatic rings. The van der Waals surface area contributed by atoms with Crippen molar-refractivity contribution in [3.63, 3.8) is 0 Å². The number of nitrogens with zero attached hydrogens (tertiary/aromatic N) is 1. The highest BCUT2D eigenvalue weighted by Crippen LogP contribution is 2.29. The zero-order chi connectivity index (χ0) is 24.4. The first-order chi connectivity index (χ1) is 15.6. The fourth-order valence-corrected chi connectivity index (χ4v) is 4.26. The predicted molar refractivity (Wildman–Crippen MR) is 131 cm³/mol. The van der Waals surface area contributed by atoms with Crippen molar-refractivity contribution in [2.24, 2.45) is 0 Å². The summed E-state index contributed by atoms with van der Waals surface area (Å²) in [5.74, 6) is -0.252. The maximum absolute atomic E-state index is 12.4. The van der Waals surface area contributed by atoms with E-state index in [0.717, 1.165) is 25.5 Å². The number of amides is 2. The first kappa shape index (κ1) is 26.8. The summed E-state index contributed by atoms with van der Waals surface area (Å²) in [5.41, 5.74) is 1.39. The minimum atomic E-state index is -3.61. The van der Waals surface area contributed by atoms with Crippen molar-refractivity contribution < 1.29 is 22.7 Å². The third-order valence-corrected chi connectivity index (χ3v) is 6.76. The number of nitrogens with one attached hydrogen (secondary N) is 2. The molecule has 0 radical (unpaired) electrons. The van der Waals surface area contributed by atoms with Crippen LogP contribution in [0.1, 0.15) is 35.2 Å². The number of carbonyl (C=O) groups is 2. The number of alkyl carbamates (subject to hydrolysis) is 1. The van der Waals surface area contributed by atoms with E-state index < -0.39 is 16.1 Å². The highest BCUT2D eigenvalue weighted by atomic mass is 35.5. The van der Waals surface area contributed by atoms with Gasteiger partial charge < -0.3 is 15.4 Å². The monoisotopic (exact) mass is 515 g/mol. The molecule has 2 amide bonds. The molecule has 0 aromatic heterocycles. The molecule has 0 saturated carbocycles. The van der Waals surface area contributed by atoms with Crippen LogP contribution in [0.2, 0.25) is 10.0 Å². The van der Waals surface area contributed by atoms with Gasteiger partial charge in [0.25, 0.3) is 5.91 Å². The minimum Gasteiger partial charge on any atom is -0.453 e. The van der Waals surface area contributed by atoms with Gasteiger partial charge in [-0.1, -0.05) is 35.3 Å². The van der Waals surface area contributed by atoms with Crippen LogP contribution in [0, 0.1) is 0 Å². The Morgan fingerprint density at radius 2 is 1.61 bits per heavy atom. The molecule has 2 N–H and O–H groups in total. The molecule has 0 aliphatic heterocycles. The van der Waals surface area contributed by atoms with Gasteiger partial charge in [0.1, 0.15) is 0 Å². The van der Waals surface area contributed by atoms with Gasteiger partial charge in [-0.15, -0.1) is 0 Å². The standard InChI is InChI=1S/C22H27Cl2N3O5S/c1-32-22(29)26-14-5-3-4-13-25-21(28)16-9-11-18(12-10-16)27(33(2,30)31)15-17-7-6-8-19(23)20(17)24/h6-12H,3-5,13-15H2,1-2H3,(H,25,28)(H,26,29). The zero-order valence-corrected chi connectivity index (χ0v) is 20.8. The summed E-state index contributed by atoms with van der Waals surface area (Å²) < 4.78 is 30.5. The van der Waals surface area contributed by atoms with E-state index in [2.05, 4.69) is 15.4 Å². The van der Waals surface area contributed by atoms with E-state index in [0.29, 0.717) is 39.9 Å². The number of halogens is 2. The van der Waals surface area contributed by atoms with E-state index in [1.54, 1.807) is 42.5 Å². The Bertz CT molecular complexity index is 1060. The first-order valence-electron chi connectivity index (χ1n) is 10.2. The lowest BCUT2D eigenvalue weighted by Crippen LogP contribution is -2.29. The zero-order valence-electron chi connectivity index (χ0n) is 18.4. The summed E-state index contributed by atoms with van der Waals surface area (Å²) in [7, 11) is -2.30. The van der Waals surface area contributed by atoms with Gasteiger partial charge in [-0.05, 0) is 55.2 Å². The molecule has 2 aromatic rings. The average Bonchev–Trinajstić information content (AvgIpc) is 2.78. The number of rotatable bonds is 11. The Labute approximate surface area is 204 Å². The number of hydrogen-bond donors (Lipinski definition) is 2. The molecule has 0 bridgehead atoms. The van der Waals surface area contributed by atoms with E-state index in [1.165, 1.54) is 11.4 Å². The topological polar surface area (TPSA) is 105 Å². The van der Waals surface area contributed by atoms with Crippen molar-refractivity contribution in [1.29, 1.82) is 0 Å². The molecule has 0 heterocycles. The van der Waals surface area contributed by atoms with E-state index in [-0.39, 0.29) is 12.5 Å². The molecule has 33 heavy (non-hydrogen) atoms. The lowest BCUT2D eigenvalue weighted by Gasteiger charge is -2.23. The van der Waals surface area contributed by atoms with Crippen LogP contribution in [-0.2, 0) is 21.3 Å². The molecule has 0 unspecified atom stereocenters. The minimum absolute atomic E-state index is 0.00854. The first-order valence-corrected chi connectivity index (χ1v) is 12.8. The number of methoxy groups -OCH3 is 1. The van der Waals surface area contributed by atoms with Crippen molar-refractivity contribution in [2.45, 2.75) is 25.8 Å². The van der Waals surface area contributed by atoms with Gasteiger partial charge >= 0.3 is 6.09 Å². The van der Waals surface area contributed by atoms with Gasteiger partial charge in [0.15, 0.2) is 0 Å². The lowest BCUT2D eigenvalue weighted by atomic mass is 10.1. The number of sulfonamides is 1. The van der Waals surface area contributed by atoms with Crippen molar-refractivity contribution in [1.82, 2.24) is 10.6 Å². The Balaban J connectivity index is 1.94. The van der Waals surface area contributed by atoms with Crippen LogP contribution in [0.5, 0.6) is 0 Å². The maximum atomic E-state index is 12.4. The Hall–Kier alpha value is -2.49. The number of carbonyl (C=O) groups excluding carboxylic acids is 2. The van der Waals surface area contributed by atoms with E-state index in [9.17, 15) is 18.0 Å². The smallest absolute Gasteiger partial charge is 0.406 e. The van der Waals surface area contributed by atoms with Crippen LogP contribution < -0.4 is 14.9 Å². The molecule has 0 aliphatic carbocycles. The Morgan fingerprint density at radius 3 is 2.21 bits per heavy atom. The lowest BCUT2D eigenvalue weighted by molar-refractivity contribution is 0.0953. The van der Waals surface area contributed by atoms with Crippen LogP contribution in [0.4, 0.5) is 10.5 Å². The molecule has 2 aromatic carbocycles. The van der Waals surface area contributed by atoms with Crippen LogP contribution in [0.25, 0.3) is 0 Å². The summed E-state index contributed by atoms with van der Waals surface area (Å²) in [4.78, 5) is 23.3. The molecule has 0 spiro atoms. The number of anilines is 1. The molecular formula is C22H27Cl2N3O5S. The van der Waals surface area contributed by atoms with Crippen LogP contribution in [0.3, 0.4) is 0 Å². The van der Waals surface area contributed by atoms with Crippen LogP contribution in [-0.4, -0.2) is 46.9 Å². The van der Waals surface area contributed by atoms with Gasteiger partial charge in [0.05, 0.1) is 35.6 Å². The van der Waals surface area contributed by atoms with Gasteiger partial charge in [0, 0.05) is 18.7 Å². The van der Waals surface area contributed by atoms with Gasteiger partial charge in [-0.2, -0.15) is 0 Å². The summed E-state index contributed by atoms with van der Waals surface area (Å²) in [6.45, 7) is 1.01. The van der Waals surface area contributed by atoms with Gasteiger partial charge in [-0.3, -0.25) is 9.10 Å². The summed E-state index contributed by atoms with van der Waals surface area (Å²) >= 11 is 12.3. The van der Waals surface area contributed by atoms with Crippen LogP contribution >= 0.6 is 23.2 Å². The summed E-state index contributed by atoms with van der Waals surface area (Å²) in [6, 6.07) is 11.3.